The fourth-order valence-corrected chi connectivity index (χ4v) is 2.75. The lowest BCUT2D eigenvalue weighted by atomic mass is 9.98. The Labute approximate surface area is 113 Å². The summed E-state index contributed by atoms with van der Waals surface area (Å²) >= 11 is 4.97. The van der Waals surface area contributed by atoms with Gasteiger partial charge in [-0.2, -0.15) is 0 Å². The average Bonchev–Trinajstić information content (AvgIpc) is 2.20. The summed E-state index contributed by atoms with van der Waals surface area (Å²) in [6, 6.07) is 4.78. The highest BCUT2D eigenvalue weighted by Crippen LogP contribution is 2.35. The van der Waals surface area contributed by atoms with E-state index in [0.29, 0.717) is 5.25 Å². The van der Waals surface area contributed by atoms with E-state index in [-0.39, 0.29) is 5.56 Å². The summed E-state index contributed by atoms with van der Waals surface area (Å²) in [4.78, 5) is 11.8. The Bertz CT molecular complexity index is 433. The Morgan fingerprint density at radius 2 is 2.12 bits per heavy atom. The predicted octanol–water partition coefficient (Wildman–Crippen LogP) is 4.22. The van der Waals surface area contributed by atoms with Gasteiger partial charge in [-0.25, -0.2) is 9.18 Å². The molecule has 0 amide bonds. The number of benzene rings is 1. The summed E-state index contributed by atoms with van der Waals surface area (Å²) < 4.78 is 14.6. The molecule has 1 aromatic rings. The minimum absolute atomic E-state index is 0.144. The van der Waals surface area contributed by atoms with E-state index in [2.05, 4.69) is 29.8 Å². The van der Waals surface area contributed by atoms with Gasteiger partial charge in [-0.3, -0.25) is 0 Å². The molecule has 0 aliphatic carbocycles. The molecule has 0 aromatic heterocycles. The van der Waals surface area contributed by atoms with Crippen molar-refractivity contribution in [1.82, 2.24) is 0 Å². The molecule has 0 saturated carbocycles. The average molecular weight is 321 g/mol. The molecular weight excluding hydrogens is 307 g/mol. The van der Waals surface area contributed by atoms with Crippen LogP contribution in [0.5, 0.6) is 0 Å². The van der Waals surface area contributed by atoms with Crippen LogP contribution in [0.3, 0.4) is 0 Å². The van der Waals surface area contributed by atoms with Gasteiger partial charge in [-0.15, -0.1) is 11.8 Å². The number of carboxylic acid groups (broad SMARTS) is 1. The lowest BCUT2D eigenvalue weighted by Gasteiger charge is -2.17. The molecule has 0 heterocycles. The van der Waals surface area contributed by atoms with Crippen molar-refractivity contribution in [3.05, 3.63) is 28.2 Å². The maximum atomic E-state index is 13.9. The van der Waals surface area contributed by atoms with E-state index in [1.54, 1.807) is 17.8 Å². The van der Waals surface area contributed by atoms with Crippen molar-refractivity contribution in [1.29, 1.82) is 0 Å². The summed E-state index contributed by atoms with van der Waals surface area (Å²) in [5, 5.41) is 9.22. The number of thioether (sulfide) groups is 1. The molecule has 0 aliphatic heterocycles. The highest BCUT2D eigenvalue weighted by atomic mass is 79.9. The number of aliphatic carboxylic acids is 1. The van der Waals surface area contributed by atoms with Gasteiger partial charge < -0.3 is 5.11 Å². The van der Waals surface area contributed by atoms with E-state index in [0.717, 1.165) is 16.3 Å². The number of hydrogen-bond acceptors (Lipinski definition) is 2. The molecule has 94 valence electrons. The summed E-state index contributed by atoms with van der Waals surface area (Å²) in [6.45, 7) is 5.16. The first kappa shape index (κ1) is 14.5. The molecule has 0 fully saturated rings. The van der Waals surface area contributed by atoms with Crippen LogP contribution in [-0.2, 0) is 10.5 Å². The third-order valence-corrected chi connectivity index (χ3v) is 4.24. The second-order valence-electron chi connectivity index (χ2n) is 4.12. The third kappa shape index (κ3) is 3.45. The van der Waals surface area contributed by atoms with Gasteiger partial charge in [0.2, 0.25) is 5.67 Å². The third-order valence-electron chi connectivity index (χ3n) is 2.24. The highest BCUT2D eigenvalue weighted by molar-refractivity contribution is 9.10. The van der Waals surface area contributed by atoms with E-state index >= 15 is 0 Å². The smallest absolute Gasteiger partial charge is 0.345 e. The fourth-order valence-electron chi connectivity index (χ4n) is 1.27. The molecule has 1 atom stereocenters. The monoisotopic (exact) mass is 320 g/mol. The molecule has 17 heavy (non-hydrogen) atoms. The van der Waals surface area contributed by atoms with Gasteiger partial charge in [0, 0.05) is 20.2 Å². The zero-order chi connectivity index (χ0) is 13.2. The Hall–Kier alpha value is -0.550. The fraction of sp³-hybridized carbons (Fsp3) is 0.417. The van der Waals surface area contributed by atoms with Gasteiger partial charge in [0.25, 0.3) is 0 Å². The van der Waals surface area contributed by atoms with Crippen LogP contribution in [0.25, 0.3) is 0 Å². The maximum absolute atomic E-state index is 13.9. The Balaban J connectivity index is 3.08. The number of carboxylic acids is 1. The van der Waals surface area contributed by atoms with Gasteiger partial charge in [-0.05, 0) is 35.0 Å². The van der Waals surface area contributed by atoms with Crippen LogP contribution in [0, 0.1) is 0 Å². The van der Waals surface area contributed by atoms with E-state index in [1.807, 2.05) is 0 Å². The molecule has 1 aromatic carbocycles. The number of hydrogen-bond donors (Lipinski definition) is 1. The Morgan fingerprint density at radius 3 is 2.53 bits per heavy atom. The zero-order valence-corrected chi connectivity index (χ0v) is 12.2. The second kappa shape index (κ2) is 5.40. The van der Waals surface area contributed by atoms with E-state index in [9.17, 15) is 9.18 Å². The first-order valence-electron chi connectivity index (χ1n) is 5.14. The molecule has 1 rings (SSSR count). The molecule has 5 heteroatoms. The minimum atomic E-state index is -2.36. The molecule has 2 nitrogen and oxygen atoms in total. The van der Waals surface area contributed by atoms with Crippen molar-refractivity contribution in [3.63, 3.8) is 0 Å². The van der Waals surface area contributed by atoms with Crippen molar-refractivity contribution in [2.24, 2.45) is 0 Å². The van der Waals surface area contributed by atoms with Gasteiger partial charge >= 0.3 is 5.97 Å². The SMILES string of the molecule is CC(C)Sc1ccc(C(C)(F)C(=O)O)cc1Br. The quantitative estimate of drug-likeness (QED) is 0.844. The second-order valence-corrected chi connectivity index (χ2v) is 6.59. The van der Waals surface area contributed by atoms with Crippen LogP contribution >= 0.6 is 27.7 Å². The van der Waals surface area contributed by atoms with E-state index in [4.69, 9.17) is 5.11 Å². The van der Waals surface area contributed by atoms with Crippen molar-refractivity contribution in [2.75, 3.05) is 0 Å². The lowest BCUT2D eigenvalue weighted by Crippen LogP contribution is -2.26. The predicted molar refractivity (Wildman–Crippen MR) is 71.2 cm³/mol. The van der Waals surface area contributed by atoms with Crippen LogP contribution < -0.4 is 0 Å². The number of carbonyl (C=O) groups is 1. The van der Waals surface area contributed by atoms with Gasteiger partial charge in [-0.1, -0.05) is 19.9 Å². The van der Waals surface area contributed by atoms with Crippen LogP contribution in [0.2, 0.25) is 0 Å². The number of halogens is 2. The van der Waals surface area contributed by atoms with Crippen LogP contribution in [0.1, 0.15) is 26.3 Å². The molecule has 0 radical (unpaired) electrons. The van der Waals surface area contributed by atoms with Gasteiger partial charge in [0.15, 0.2) is 0 Å². The van der Waals surface area contributed by atoms with Crippen LogP contribution in [0.4, 0.5) is 4.39 Å². The van der Waals surface area contributed by atoms with E-state index in [1.165, 1.54) is 12.1 Å². The maximum Gasteiger partial charge on any atom is 0.345 e. The van der Waals surface area contributed by atoms with Crippen LogP contribution in [-0.4, -0.2) is 16.3 Å². The lowest BCUT2D eigenvalue weighted by molar-refractivity contribution is -0.150. The summed E-state index contributed by atoms with van der Waals surface area (Å²) in [7, 11) is 0. The summed E-state index contributed by atoms with van der Waals surface area (Å²) in [5.41, 5.74) is -2.21. The first-order chi connectivity index (χ1) is 7.75. The summed E-state index contributed by atoms with van der Waals surface area (Å²) in [5.74, 6) is -1.48. The molecule has 1 unspecified atom stereocenters. The number of alkyl halides is 1. The first-order valence-corrected chi connectivity index (χ1v) is 6.81. The van der Waals surface area contributed by atoms with E-state index < -0.39 is 11.6 Å². The molecular formula is C12H14BrFO2S. The number of rotatable bonds is 4. The van der Waals surface area contributed by atoms with Gasteiger partial charge in [0.05, 0.1) is 0 Å². The topological polar surface area (TPSA) is 37.3 Å². The molecule has 0 saturated heterocycles. The van der Waals surface area contributed by atoms with Crippen molar-refractivity contribution < 1.29 is 14.3 Å². The van der Waals surface area contributed by atoms with Crippen molar-refractivity contribution >= 4 is 33.7 Å². The van der Waals surface area contributed by atoms with Crippen LogP contribution in [0.15, 0.2) is 27.6 Å². The molecule has 0 spiro atoms. The standard InChI is InChI=1S/C12H14BrFO2S/c1-7(2)17-10-5-4-8(6-9(10)13)12(3,14)11(15)16/h4-7H,1-3H3,(H,15,16). The zero-order valence-electron chi connectivity index (χ0n) is 9.83. The molecule has 0 aliphatic rings. The molecule has 1 N–H and O–H groups in total. The largest absolute Gasteiger partial charge is 0.479 e. The Morgan fingerprint density at radius 1 is 1.53 bits per heavy atom. The minimum Gasteiger partial charge on any atom is -0.479 e. The summed E-state index contributed by atoms with van der Waals surface area (Å²) in [6.07, 6.45) is 0. The normalized spacial score (nSPS) is 14.7. The highest BCUT2D eigenvalue weighted by Gasteiger charge is 2.35. The van der Waals surface area contributed by atoms with Crippen molar-refractivity contribution in [2.45, 2.75) is 36.6 Å². The Kier molecular flexibility index (Phi) is 4.61. The van der Waals surface area contributed by atoms with Crippen molar-refractivity contribution in [3.8, 4) is 0 Å². The molecule has 0 bridgehead atoms. The van der Waals surface area contributed by atoms with Gasteiger partial charge in [0.1, 0.15) is 0 Å².